The first kappa shape index (κ1) is 19.8. The van der Waals surface area contributed by atoms with Crippen LogP contribution < -0.4 is 0 Å². The molecule has 4 rings (SSSR count). The first-order valence-electron chi connectivity index (χ1n) is 9.11. The average molecular weight is 475 g/mol. The Morgan fingerprint density at radius 2 is 1.66 bits per heavy atom. The van der Waals surface area contributed by atoms with Crippen molar-refractivity contribution in [3.05, 3.63) is 77.0 Å². The highest BCUT2D eigenvalue weighted by Crippen LogP contribution is 2.21. The van der Waals surface area contributed by atoms with Gasteiger partial charge in [-0.1, -0.05) is 40.2 Å². The van der Waals surface area contributed by atoms with Crippen molar-refractivity contribution in [2.75, 3.05) is 26.2 Å². The lowest BCUT2D eigenvalue weighted by Gasteiger charge is -2.33. The molecule has 1 aromatic heterocycles. The number of carbonyl (C=O) groups excluding carboxylic acids is 1. The fourth-order valence-corrected chi connectivity index (χ4v) is 5.25. The highest BCUT2D eigenvalue weighted by Gasteiger charge is 2.31. The summed E-state index contributed by atoms with van der Waals surface area (Å²) >= 11 is 3.31. The Balaban J connectivity index is 1.43. The van der Waals surface area contributed by atoms with E-state index in [9.17, 15) is 13.2 Å². The standard InChI is InChI=1S/C20H19BrN4O3S/c21-16-5-4-8-18(15-16)29(27,28)24-13-11-23(12-14-24)20(26)19-9-10-25(22-19)17-6-2-1-3-7-17/h1-10,15H,11-14H2. The number of sulfonamides is 1. The summed E-state index contributed by atoms with van der Waals surface area (Å²) < 4.78 is 29.4. The normalized spacial score (nSPS) is 15.4. The lowest BCUT2D eigenvalue weighted by atomic mass is 10.3. The van der Waals surface area contributed by atoms with Crippen molar-refractivity contribution < 1.29 is 13.2 Å². The second kappa shape index (κ2) is 8.10. The molecule has 1 saturated heterocycles. The quantitative estimate of drug-likeness (QED) is 0.582. The lowest BCUT2D eigenvalue weighted by molar-refractivity contribution is 0.0691. The summed E-state index contributed by atoms with van der Waals surface area (Å²) in [5, 5.41) is 4.37. The molecule has 1 aliphatic heterocycles. The molecule has 0 radical (unpaired) electrons. The van der Waals surface area contributed by atoms with Gasteiger partial charge in [-0.2, -0.15) is 9.40 Å². The Bertz CT molecular complexity index is 1120. The van der Waals surface area contributed by atoms with Crippen LogP contribution in [0.3, 0.4) is 0 Å². The Hall–Kier alpha value is -2.49. The van der Waals surface area contributed by atoms with Crippen molar-refractivity contribution in [2.24, 2.45) is 0 Å². The predicted octanol–water partition coefficient (Wildman–Crippen LogP) is 2.78. The number of nitrogens with zero attached hydrogens (tertiary/aromatic N) is 4. The first-order chi connectivity index (χ1) is 13.9. The first-order valence-corrected chi connectivity index (χ1v) is 11.3. The van der Waals surface area contributed by atoms with Gasteiger partial charge in [0.05, 0.1) is 10.6 Å². The summed E-state index contributed by atoms with van der Waals surface area (Å²) in [6.45, 7) is 1.15. The van der Waals surface area contributed by atoms with Crippen molar-refractivity contribution in [1.29, 1.82) is 0 Å². The van der Waals surface area contributed by atoms with Crippen LogP contribution in [0, 0.1) is 0 Å². The molecule has 1 aliphatic rings. The van der Waals surface area contributed by atoms with Gasteiger partial charge in [-0.3, -0.25) is 4.79 Å². The second-order valence-corrected chi connectivity index (χ2v) is 9.49. The minimum atomic E-state index is -3.58. The van der Waals surface area contributed by atoms with Crippen molar-refractivity contribution in [2.45, 2.75) is 4.90 Å². The number of rotatable bonds is 4. The number of amides is 1. The Morgan fingerprint density at radius 1 is 0.931 bits per heavy atom. The molecule has 0 N–H and O–H groups in total. The minimum absolute atomic E-state index is 0.195. The molecule has 3 aromatic rings. The SMILES string of the molecule is O=C(c1ccn(-c2ccccc2)n1)N1CCN(S(=O)(=O)c2cccc(Br)c2)CC1. The molecule has 0 bridgehead atoms. The molecule has 7 nitrogen and oxygen atoms in total. The maximum Gasteiger partial charge on any atom is 0.274 e. The molecule has 0 aliphatic carbocycles. The van der Waals surface area contributed by atoms with Crippen LogP contribution in [0.4, 0.5) is 0 Å². The van der Waals surface area contributed by atoms with Gasteiger partial charge < -0.3 is 4.90 Å². The fourth-order valence-electron chi connectivity index (χ4n) is 3.23. The zero-order chi connectivity index (χ0) is 20.4. The third kappa shape index (κ3) is 4.12. The van der Waals surface area contributed by atoms with Gasteiger partial charge in [0.15, 0.2) is 5.69 Å². The summed E-state index contributed by atoms with van der Waals surface area (Å²) in [6, 6.07) is 17.9. The van der Waals surface area contributed by atoms with Crippen LogP contribution in [0.15, 0.2) is 76.2 Å². The van der Waals surface area contributed by atoms with E-state index in [4.69, 9.17) is 0 Å². The summed E-state index contributed by atoms with van der Waals surface area (Å²) in [6.07, 6.45) is 1.75. The monoisotopic (exact) mass is 474 g/mol. The van der Waals surface area contributed by atoms with Gasteiger partial charge >= 0.3 is 0 Å². The summed E-state index contributed by atoms with van der Waals surface area (Å²) in [5.74, 6) is -0.195. The molecule has 9 heteroatoms. The number of hydrogen-bond acceptors (Lipinski definition) is 4. The number of benzene rings is 2. The van der Waals surface area contributed by atoms with Crippen LogP contribution >= 0.6 is 15.9 Å². The molecule has 150 valence electrons. The van der Waals surface area contributed by atoms with E-state index in [-0.39, 0.29) is 23.9 Å². The van der Waals surface area contributed by atoms with E-state index in [1.54, 1.807) is 46.1 Å². The van der Waals surface area contributed by atoms with Crippen molar-refractivity contribution in [3.8, 4) is 5.69 Å². The number of hydrogen-bond donors (Lipinski definition) is 0. The predicted molar refractivity (Wildman–Crippen MR) is 112 cm³/mol. The largest absolute Gasteiger partial charge is 0.335 e. The lowest BCUT2D eigenvalue weighted by Crippen LogP contribution is -2.50. The van der Waals surface area contributed by atoms with Gasteiger partial charge in [0, 0.05) is 36.8 Å². The van der Waals surface area contributed by atoms with Gasteiger partial charge in [-0.05, 0) is 36.4 Å². The second-order valence-electron chi connectivity index (χ2n) is 6.63. The van der Waals surface area contributed by atoms with E-state index >= 15 is 0 Å². The Labute approximate surface area is 177 Å². The van der Waals surface area contributed by atoms with E-state index in [2.05, 4.69) is 21.0 Å². The number of aromatic nitrogens is 2. The molecule has 2 heterocycles. The average Bonchev–Trinajstić information content (AvgIpc) is 3.24. The number of carbonyl (C=O) groups is 1. The molecule has 0 atom stereocenters. The third-order valence-electron chi connectivity index (χ3n) is 4.79. The Morgan fingerprint density at radius 3 is 2.34 bits per heavy atom. The van der Waals surface area contributed by atoms with Gasteiger partial charge in [0.2, 0.25) is 10.0 Å². The zero-order valence-electron chi connectivity index (χ0n) is 15.5. The topological polar surface area (TPSA) is 75.5 Å². The van der Waals surface area contributed by atoms with Crippen molar-refractivity contribution in [3.63, 3.8) is 0 Å². The van der Waals surface area contributed by atoms with Crippen molar-refractivity contribution in [1.82, 2.24) is 19.0 Å². The maximum absolute atomic E-state index is 12.8. The zero-order valence-corrected chi connectivity index (χ0v) is 17.9. The van der Waals surface area contributed by atoms with Crippen LogP contribution in [-0.4, -0.2) is 59.5 Å². The third-order valence-corrected chi connectivity index (χ3v) is 7.18. The van der Waals surface area contributed by atoms with Crippen LogP contribution in [0.1, 0.15) is 10.5 Å². The van der Waals surface area contributed by atoms with Crippen LogP contribution in [0.2, 0.25) is 0 Å². The van der Waals surface area contributed by atoms with Crippen LogP contribution in [0.25, 0.3) is 5.69 Å². The number of para-hydroxylation sites is 1. The van der Waals surface area contributed by atoms with Gasteiger partial charge in [0.25, 0.3) is 5.91 Å². The minimum Gasteiger partial charge on any atom is -0.335 e. The van der Waals surface area contributed by atoms with Gasteiger partial charge in [0.1, 0.15) is 0 Å². The van der Waals surface area contributed by atoms with E-state index in [1.807, 2.05) is 30.3 Å². The molecule has 1 amide bonds. The highest BCUT2D eigenvalue weighted by molar-refractivity contribution is 9.10. The van der Waals surface area contributed by atoms with Gasteiger partial charge in [-0.25, -0.2) is 13.1 Å². The smallest absolute Gasteiger partial charge is 0.274 e. The van der Waals surface area contributed by atoms with E-state index in [0.29, 0.717) is 23.3 Å². The summed E-state index contributed by atoms with van der Waals surface area (Å²) in [5.41, 5.74) is 1.22. The van der Waals surface area contributed by atoms with E-state index in [0.717, 1.165) is 5.69 Å². The molecule has 0 spiro atoms. The van der Waals surface area contributed by atoms with Crippen LogP contribution in [0.5, 0.6) is 0 Å². The fraction of sp³-hybridized carbons (Fsp3) is 0.200. The van der Waals surface area contributed by atoms with E-state index in [1.165, 1.54) is 4.31 Å². The molecule has 1 fully saturated rings. The number of halogens is 1. The summed E-state index contributed by atoms with van der Waals surface area (Å²) in [4.78, 5) is 14.7. The molecular formula is C20H19BrN4O3S. The molecular weight excluding hydrogens is 456 g/mol. The molecule has 2 aromatic carbocycles. The molecule has 0 unspecified atom stereocenters. The van der Waals surface area contributed by atoms with Crippen molar-refractivity contribution >= 4 is 31.9 Å². The highest BCUT2D eigenvalue weighted by atomic mass is 79.9. The summed E-state index contributed by atoms with van der Waals surface area (Å²) in [7, 11) is -3.58. The van der Waals surface area contributed by atoms with Crippen LogP contribution in [-0.2, 0) is 10.0 Å². The Kier molecular flexibility index (Phi) is 5.53. The maximum atomic E-state index is 12.8. The molecule has 29 heavy (non-hydrogen) atoms. The van der Waals surface area contributed by atoms with E-state index < -0.39 is 10.0 Å². The molecule has 0 saturated carbocycles. The van der Waals surface area contributed by atoms with Gasteiger partial charge in [-0.15, -0.1) is 0 Å². The number of piperazine rings is 1.